The van der Waals surface area contributed by atoms with Crippen LogP contribution in [0.1, 0.15) is 34.8 Å². The molecule has 2 atom stereocenters. The molecule has 0 aromatic heterocycles. The first-order valence-corrected chi connectivity index (χ1v) is 7.98. The van der Waals surface area contributed by atoms with Crippen LogP contribution in [-0.4, -0.2) is 38.3 Å². The summed E-state index contributed by atoms with van der Waals surface area (Å²) in [4.78, 5) is 11.2. The van der Waals surface area contributed by atoms with Gasteiger partial charge in [-0.15, -0.1) is 0 Å². The van der Waals surface area contributed by atoms with Crippen LogP contribution in [-0.2, 0) is 10.0 Å². The Morgan fingerprint density at radius 1 is 1.35 bits per heavy atom. The molecule has 0 spiro atoms. The third-order valence-corrected chi connectivity index (χ3v) is 5.51. The molecule has 1 aromatic carbocycles. The number of carboxylic acid groups (broad SMARTS) is 1. The molecule has 1 heterocycles. The van der Waals surface area contributed by atoms with E-state index in [1.807, 2.05) is 0 Å². The highest BCUT2D eigenvalue weighted by molar-refractivity contribution is 7.90. The molecule has 1 fully saturated rings. The van der Waals surface area contributed by atoms with E-state index in [1.165, 1.54) is 7.05 Å². The molecule has 0 amide bonds. The quantitative estimate of drug-likeness (QED) is 0.761. The van der Waals surface area contributed by atoms with Gasteiger partial charge in [0.25, 0.3) is 0 Å². The van der Waals surface area contributed by atoms with Crippen molar-refractivity contribution in [2.45, 2.75) is 24.1 Å². The number of carboxylic acids is 1. The SMILES string of the molecule is CNS(=O)(=O)C1CCC(c2ccccc2C(=O)O)NC1. The van der Waals surface area contributed by atoms with Gasteiger partial charge in [-0.05, 0) is 31.5 Å². The fourth-order valence-electron chi connectivity index (χ4n) is 2.52. The standard InChI is InChI=1S/C13H18N2O4S/c1-14-20(18,19)9-6-7-12(15-8-9)10-4-2-3-5-11(10)13(16)17/h2-5,9,12,14-15H,6-8H2,1H3,(H,16,17). The molecule has 20 heavy (non-hydrogen) atoms. The van der Waals surface area contributed by atoms with Crippen LogP contribution in [0, 0.1) is 0 Å². The molecule has 110 valence electrons. The van der Waals surface area contributed by atoms with Crippen LogP contribution in [0.2, 0.25) is 0 Å². The Labute approximate surface area is 118 Å². The Morgan fingerprint density at radius 2 is 2.05 bits per heavy atom. The van der Waals surface area contributed by atoms with E-state index < -0.39 is 21.2 Å². The van der Waals surface area contributed by atoms with Gasteiger partial charge in [-0.25, -0.2) is 17.9 Å². The molecular weight excluding hydrogens is 280 g/mol. The van der Waals surface area contributed by atoms with E-state index >= 15 is 0 Å². The monoisotopic (exact) mass is 298 g/mol. The summed E-state index contributed by atoms with van der Waals surface area (Å²) in [5.74, 6) is -0.965. The summed E-state index contributed by atoms with van der Waals surface area (Å²) in [6, 6.07) is 6.69. The van der Waals surface area contributed by atoms with E-state index in [9.17, 15) is 18.3 Å². The highest BCUT2D eigenvalue weighted by atomic mass is 32.2. The molecule has 1 aliphatic rings. The van der Waals surface area contributed by atoms with E-state index in [-0.39, 0.29) is 11.6 Å². The van der Waals surface area contributed by atoms with Crippen LogP contribution in [0.5, 0.6) is 0 Å². The molecule has 2 rings (SSSR count). The van der Waals surface area contributed by atoms with Gasteiger partial charge in [0.05, 0.1) is 10.8 Å². The van der Waals surface area contributed by atoms with Crippen molar-refractivity contribution in [3.8, 4) is 0 Å². The van der Waals surface area contributed by atoms with Crippen molar-refractivity contribution in [1.29, 1.82) is 0 Å². The second-order valence-corrected chi connectivity index (χ2v) is 6.97. The summed E-state index contributed by atoms with van der Waals surface area (Å²) in [5, 5.41) is 11.8. The summed E-state index contributed by atoms with van der Waals surface area (Å²) in [6.07, 6.45) is 1.10. The molecule has 6 nitrogen and oxygen atoms in total. The number of hydrogen-bond donors (Lipinski definition) is 3. The second-order valence-electron chi connectivity index (χ2n) is 4.80. The van der Waals surface area contributed by atoms with Crippen molar-refractivity contribution in [3.63, 3.8) is 0 Å². The van der Waals surface area contributed by atoms with E-state index in [1.54, 1.807) is 24.3 Å². The first-order chi connectivity index (χ1) is 9.45. The highest BCUT2D eigenvalue weighted by Gasteiger charge is 2.31. The predicted octanol–water partition coefficient (Wildman–Crippen LogP) is 0.727. The Bertz CT molecular complexity index is 592. The first-order valence-electron chi connectivity index (χ1n) is 6.43. The molecule has 0 aliphatic carbocycles. The van der Waals surface area contributed by atoms with Gasteiger partial charge in [-0.1, -0.05) is 18.2 Å². The smallest absolute Gasteiger partial charge is 0.336 e. The summed E-state index contributed by atoms with van der Waals surface area (Å²) in [5.41, 5.74) is 0.972. The molecular formula is C13H18N2O4S. The van der Waals surface area contributed by atoms with Crippen LogP contribution in [0.25, 0.3) is 0 Å². The maximum absolute atomic E-state index is 11.7. The van der Waals surface area contributed by atoms with Gasteiger partial charge in [0, 0.05) is 12.6 Å². The maximum Gasteiger partial charge on any atom is 0.336 e. The molecule has 2 unspecified atom stereocenters. The lowest BCUT2D eigenvalue weighted by molar-refractivity contribution is 0.0694. The number of piperidine rings is 1. The zero-order valence-corrected chi connectivity index (χ0v) is 12.0. The van der Waals surface area contributed by atoms with Crippen molar-refractivity contribution < 1.29 is 18.3 Å². The van der Waals surface area contributed by atoms with Gasteiger partial charge in [0.15, 0.2) is 0 Å². The van der Waals surface area contributed by atoms with Gasteiger partial charge < -0.3 is 10.4 Å². The van der Waals surface area contributed by atoms with Crippen LogP contribution in [0.4, 0.5) is 0 Å². The fourth-order valence-corrected chi connectivity index (χ4v) is 3.62. The van der Waals surface area contributed by atoms with Crippen LogP contribution < -0.4 is 10.0 Å². The summed E-state index contributed by atoms with van der Waals surface area (Å²) in [7, 11) is -1.88. The average Bonchev–Trinajstić information content (AvgIpc) is 2.47. The van der Waals surface area contributed by atoms with Crippen molar-refractivity contribution >= 4 is 16.0 Å². The largest absolute Gasteiger partial charge is 0.478 e. The topological polar surface area (TPSA) is 95.5 Å². The van der Waals surface area contributed by atoms with Crippen molar-refractivity contribution in [2.75, 3.05) is 13.6 Å². The van der Waals surface area contributed by atoms with Gasteiger partial charge in [-0.2, -0.15) is 0 Å². The third kappa shape index (κ3) is 3.00. The van der Waals surface area contributed by atoms with E-state index in [2.05, 4.69) is 10.0 Å². The van der Waals surface area contributed by atoms with Crippen LogP contribution in [0.3, 0.4) is 0 Å². The second kappa shape index (κ2) is 5.90. The number of benzene rings is 1. The number of sulfonamides is 1. The van der Waals surface area contributed by atoms with E-state index in [0.717, 1.165) is 0 Å². The lowest BCUT2D eigenvalue weighted by atomic mass is 9.93. The van der Waals surface area contributed by atoms with Crippen LogP contribution in [0.15, 0.2) is 24.3 Å². The number of aromatic carboxylic acids is 1. The summed E-state index contributed by atoms with van der Waals surface area (Å²) < 4.78 is 25.8. The van der Waals surface area contributed by atoms with Crippen LogP contribution >= 0.6 is 0 Å². The zero-order valence-electron chi connectivity index (χ0n) is 11.2. The van der Waals surface area contributed by atoms with Crippen molar-refractivity contribution in [1.82, 2.24) is 10.0 Å². The molecule has 1 aliphatic heterocycles. The lowest BCUT2D eigenvalue weighted by Gasteiger charge is -2.30. The average molecular weight is 298 g/mol. The predicted molar refractivity (Wildman–Crippen MR) is 75.1 cm³/mol. The van der Waals surface area contributed by atoms with Gasteiger partial charge in [0.1, 0.15) is 0 Å². The summed E-state index contributed by atoms with van der Waals surface area (Å²) >= 11 is 0. The molecule has 7 heteroatoms. The van der Waals surface area contributed by atoms with Crippen molar-refractivity contribution in [3.05, 3.63) is 35.4 Å². The van der Waals surface area contributed by atoms with Crippen molar-refractivity contribution in [2.24, 2.45) is 0 Å². The molecule has 0 bridgehead atoms. The third-order valence-electron chi connectivity index (χ3n) is 3.66. The number of carbonyl (C=O) groups is 1. The van der Waals surface area contributed by atoms with E-state index in [4.69, 9.17) is 0 Å². The minimum Gasteiger partial charge on any atom is -0.478 e. The first kappa shape index (κ1) is 15.0. The Morgan fingerprint density at radius 3 is 2.60 bits per heavy atom. The number of hydrogen-bond acceptors (Lipinski definition) is 4. The molecule has 1 aromatic rings. The molecule has 3 N–H and O–H groups in total. The Kier molecular flexibility index (Phi) is 4.42. The van der Waals surface area contributed by atoms with Gasteiger partial charge >= 0.3 is 5.97 Å². The summed E-state index contributed by atoms with van der Waals surface area (Å²) in [6.45, 7) is 0.321. The maximum atomic E-state index is 11.7. The Hall–Kier alpha value is -1.44. The highest BCUT2D eigenvalue weighted by Crippen LogP contribution is 2.27. The number of rotatable bonds is 4. The molecule has 1 saturated heterocycles. The minimum absolute atomic E-state index is 0.120. The number of nitrogens with one attached hydrogen (secondary N) is 2. The minimum atomic E-state index is -3.28. The zero-order chi connectivity index (χ0) is 14.8. The normalized spacial score (nSPS) is 23.4. The fraction of sp³-hybridized carbons (Fsp3) is 0.462. The van der Waals surface area contributed by atoms with E-state index in [0.29, 0.717) is 24.9 Å². The van der Waals surface area contributed by atoms with Gasteiger partial charge in [0.2, 0.25) is 10.0 Å². The lowest BCUT2D eigenvalue weighted by Crippen LogP contribution is -2.44. The molecule has 0 saturated carbocycles. The van der Waals surface area contributed by atoms with Gasteiger partial charge in [-0.3, -0.25) is 0 Å². The molecule has 0 radical (unpaired) electrons. The Balaban J connectivity index is 2.14.